The molecule has 0 radical (unpaired) electrons. The van der Waals surface area contributed by atoms with Crippen molar-refractivity contribution >= 4 is 74.2 Å². The van der Waals surface area contributed by atoms with E-state index in [1.165, 1.54) is 31.0 Å². The third-order valence-corrected chi connectivity index (χ3v) is 10.9. The Hall–Kier alpha value is -5.97. The minimum Gasteiger partial charge on any atom is -0.478 e. The van der Waals surface area contributed by atoms with Crippen LogP contribution in [0.25, 0.3) is 0 Å². The van der Waals surface area contributed by atoms with E-state index in [-0.39, 0.29) is 40.3 Å². The molecule has 0 bridgehead atoms. The number of carboxylic acid groups (broad SMARTS) is 2. The van der Waals surface area contributed by atoms with Crippen molar-refractivity contribution in [1.82, 2.24) is 19.6 Å². The van der Waals surface area contributed by atoms with Crippen molar-refractivity contribution in [3.05, 3.63) is 99.7 Å². The number of rotatable bonds is 14. The summed E-state index contributed by atoms with van der Waals surface area (Å²) in [6.07, 6.45) is -0.551. The van der Waals surface area contributed by atoms with Crippen molar-refractivity contribution in [3.63, 3.8) is 0 Å². The first-order valence-corrected chi connectivity index (χ1v) is 18.4. The molecule has 2 amide bonds. The van der Waals surface area contributed by atoms with Crippen LogP contribution < -0.4 is 21.1 Å². The Morgan fingerprint density at radius 1 is 1.13 bits per heavy atom. The molecule has 2 aliphatic heterocycles. The lowest BCUT2D eigenvalue weighted by atomic mass is 10.0. The van der Waals surface area contributed by atoms with Crippen molar-refractivity contribution in [3.8, 4) is 11.9 Å². The summed E-state index contributed by atoms with van der Waals surface area (Å²) < 4.78 is 10.7. The molecule has 272 valence electrons. The Morgan fingerprint density at radius 3 is 2.36 bits per heavy atom. The Balaban J connectivity index is 1.18. The van der Waals surface area contributed by atoms with E-state index in [0.29, 0.717) is 10.6 Å². The van der Waals surface area contributed by atoms with Crippen molar-refractivity contribution in [1.29, 1.82) is 5.26 Å². The summed E-state index contributed by atoms with van der Waals surface area (Å²) in [5.74, 6) is -4.00. The van der Waals surface area contributed by atoms with E-state index in [2.05, 4.69) is 31.2 Å². The second-order valence-corrected chi connectivity index (χ2v) is 14.8. The largest absolute Gasteiger partial charge is 0.478 e. The van der Waals surface area contributed by atoms with Gasteiger partial charge in [0.15, 0.2) is 16.9 Å². The Morgan fingerprint density at radius 2 is 1.79 bits per heavy atom. The number of hydrogen-bond donors (Lipinski definition) is 5. The average Bonchev–Trinajstić information content (AvgIpc) is 3.76. The normalized spacial score (nSPS) is 17.1. The molecule has 4 heterocycles. The number of carbonyl (C=O) groups excluding carboxylic acids is 2. The number of hydrogen-bond acceptors (Lipinski definition) is 15. The van der Waals surface area contributed by atoms with Gasteiger partial charge in [0.05, 0.1) is 0 Å². The van der Waals surface area contributed by atoms with Gasteiger partial charge in [0.1, 0.15) is 39.4 Å². The molecule has 1 saturated heterocycles. The minimum absolute atomic E-state index is 0.00499. The number of benzene rings is 2. The Bertz CT molecular complexity index is 2120. The number of nitrogen functional groups attached to an aromatic ring is 1. The summed E-state index contributed by atoms with van der Waals surface area (Å²) in [5, 5.41) is 40.2. The lowest BCUT2D eigenvalue weighted by Crippen LogP contribution is -2.71. The number of aliphatic carboxylic acids is 2. The third-order valence-electron chi connectivity index (χ3n) is 8.07. The number of nitrogens with two attached hydrogens (primary N) is 1. The van der Waals surface area contributed by atoms with Crippen LogP contribution in [0.1, 0.15) is 42.3 Å². The number of carbonyl (C=O) groups is 4. The van der Waals surface area contributed by atoms with Gasteiger partial charge in [-0.05, 0) is 42.1 Å². The molecule has 0 saturated carbocycles. The molecule has 1 unspecified atom stereocenters. The number of nitriles is 1. The molecular formula is C34H30N8O8S3. The lowest BCUT2D eigenvalue weighted by Gasteiger charge is -2.49. The molecule has 4 aromatic rings. The Kier molecular flexibility index (Phi) is 10.6. The predicted octanol–water partition coefficient (Wildman–Crippen LogP) is 3.66. The van der Waals surface area contributed by atoms with Gasteiger partial charge < -0.3 is 36.2 Å². The standard InChI is InChI=1S/C34H30N8O8S3/c1-34(2,32(47)48)50-40-22(21-16-52-33(36)38-21)26(43)39-23-29(44)42-24(31(45)46)19(15-51-30(23)42)14-37-28-20(13-35)27(41-53-28)49-25(17-9-5-3-6-10-17)18-11-7-4-8-12-18/h3-12,16,23,25,30,37H,14-15H2,1-2H3,(H2,36,38)(H,39,43)(H,45,46)(H,47,48)/b40-22-/t23?,30-/m1/s1. The number of aromatic nitrogens is 2. The second-order valence-electron chi connectivity index (χ2n) is 12.0. The minimum atomic E-state index is -1.80. The number of ether oxygens (including phenoxy) is 1. The maximum Gasteiger partial charge on any atom is 0.352 e. The summed E-state index contributed by atoms with van der Waals surface area (Å²) >= 11 is 3.22. The lowest BCUT2D eigenvalue weighted by molar-refractivity contribution is -0.161. The van der Waals surface area contributed by atoms with E-state index >= 15 is 0 Å². The van der Waals surface area contributed by atoms with Crippen LogP contribution >= 0.6 is 34.6 Å². The zero-order chi connectivity index (χ0) is 37.9. The number of thioether (sulfide) groups is 1. The molecular weight excluding hydrogens is 745 g/mol. The molecule has 16 nitrogen and oxygen atoms in total. The third kappa shape index (κ3) is 7.65. The number of thiazole rings is 1. The fourth-order valence-electron chi connectivity index (χ4n) is 5.29. The van der Waals surface area contributed by atoms with E-state index in [1.54, 1.807) is 0 Å². The number of nitrogens with one attached hydrogen (secondary N) is 2. The number of nitrogens with zero attached hydrogens (tertiary/aromatic N) is 5. The van der Waals surface area contributed by atoms with E-state index in [9.17, 15) is 34.7 Å². The molecule has 19 heteroatoms. The van der Waals surface area contributed by atoms with Gasteiger partial charge >= 0.3 is 11.9 Å². The van der Waals surface area contributed by atoms with Crippen LogP contribution in [-0.2, 0) is 24.0 Å². The van der Waals surface area contributed by atoms with Crippen LogP contribution in [0.2, 0.25) is 0 Å². The van der Waals surface area contributed by atoms with Crippen molar-refractivity contribution in [2.45, 2.75) is 37.0 Å². The summed E-state index contributed by atoms with van der Waals surface area (Å²) in [4.78, 5) is 61.1. The number of amides is 2. The number of β-lactam (4-membered cyclic amide) rings is 1. The maximum absolute atomic E-state index is 13.4. The van der Waals surface area contributed by atoms with E-state index in [0.717, 1.165) is 38.9 Å². The van der Waals surface area contributed by atoms with E-state index in [1.807, 2.05) is 60.7 Å². The number of anilines is 2. The van der Waals surface area contributed by atoms with Crippen LogP contribution in [0.3, 0.4) is 0 Å². The zero-order valence-electron chi connectivity index (χ0n) is 27.9. The van der Waals surface area contributed by atoms with E-state index < -0.39 is 52.6 Å². The van der Waals surface area contributed by atoms with Crippen LogP contribution in [0.5, 0.6) is 5.88 Å². The highest BCUT2D eigenvalue weighted by Crippen LogP contribution is 2.41. The number of fused-ring (bicyclic) bond motifs is 1. The highest BCUT2D eigenvalue weighted by molar-refractivity contribution is 8.00. The van der Waals surface area contributed by atoms with E-state index in [4.69, 9.17) is 15.3 Å². The summed E-state index contributed by atoms with van der Waals surface area (Å²) in [6, 6.07) is 20.0. The maximum atomic E-state index is 13.4. The smallest absolute Gasteiger partial charge is 0.352 e. The summed E-state index contributed by atoms with van der Waals surface area (Å²) in [6.45, 7) is 2.44. The van der Waals surface area contributed by atoms with Gasteiger partial charge in [-0.3, -0.25) is 14.5 Å². The van der Waals surface area contributed by atoms with Gasteiger partial charge in [0.25, 0.3) is 11.8 Å². The van der Waals surface area contributed by atoms with Gasteiger partial charge in [-0.2, -0.15) is 9.64 Å². The highest BCUT2D eigenvalue weighted by Gasteiger charge is 2.54. The van der Waals surface area contributed by atoms with Gasteiger partial charge in [0.2, 0.25) is 11.5 Å². The number of carboxylic acids is 2. The topological polar surface area (TPSA) is 242 Å². The van der Waals surface area contributed by atoms with Crippen LogP contribution in [0, 0.1) is 11.3 Å². The molecule has 2 aliphatic rings. The first-order valence-electron chi connectivity index (χ1n) is 15.7. The molecule has 53 heavy (non-hydrogen) atoms. The average molecular weight is 775 g/mol. The first kappa shape index (κ1) is 36.8. The second kappa shape index (κ2) is 15.3. The molecule has 2 aromatic heterocycles. The number of oxime groups is 1. The molecule has 6 N–H and O–H groups in total. The zero-order valence-corrected chi connectivity index (χ0v) is 30.3. The van der Waals surface area contributed by atoms with Crippen LogP contribution in [0.4, 0.5) is 10.1 Å². The van der Waals surface area contributed by atoms with Crippen molar-refractivity contribution in [2.24, 2.45) is 5.16 Å². The summed E-state index contributed by atoms with van der Waals surface area (Å²) in [5.41, 5.74) is 5.48. The van der Waals surface area contributed by atoms with Crippen LogP contribution in [0.15, 0.2) is 82.5 Å². The summed E-state index contributed by atoms with van der Waals surface area (Å²) in [7, 11) is 0. The molecule has 0 aliphatic carbocycles. The Labute approximate surface area is 314 Å². The first-order chi connectivity index (χ1) is 25.4. The molecule has 2 atom stereocenters. The SMILES string of the molecule is CC(C)(O/N=C(\C(=O)NC1C(=O)N2C(C(=O)O)=C(CNc3snc(OC(c4ccccc4)c4ccccc4)c3C#N)CS[C@H]12)c1csc(N)n1)C(=O)O. The monoisotopic (exact) mass is 774 g/mol. The molecule has 2 aromatic carbocycles. The fourth-order valence-corrected chi connectivity index (χ4v) is 7.85. The van der Waals surface area contributed by atoms with Crippen molar-refractivity contribution < 1.29 is 39.0 Å². The predicted molar refractivity (Wildman–Crippen MR) is 196 cm³/mol. The molecule has 1 fully saturated rings. The molecule has 0 spiro atoms. The van der Waals surface area contributed by atoms with Crippen molar-refractivity contribution in [2.75, 3.05) is 23.3 Å². The molecule has 6 rings (SSSR count). The van der Waals surface area contributed by atoms with Crippen LogP contribution in [-0.4, -0.2) is 83.2 Å². The van der Waals surface area contributed by atoms with Gasteiger partial charge in [-0.15, -0.1) is 23.1 Å². The van der Waals surface area contributed by atoms with Gasteiger partial charge in [0, 0.05) is 17.7 Å². The highest BCUT2D eigenvalue weighted by atomic mass is 32.2. The quantitative estimate of drug-likeness (QED) is 0.0698. The van der Waals surface area contributed by atoms with Gasteiger partial charge in [-0.25, -0.2) is 14.6 Å². The fraction of sp³-hybridized carbons (Fsp3) is 0.235. The van der Waals surface area contributed by atoms with Gasteiger partial charge in [-0.1, -0.05) is 65.8 Å².